The molecule has 3 heterocycles. The van der Waals surface area contributed by atoms with Crippen molar-refractivity contribution in [2.45, 2.75) is 12.5 Å². The van der Waals surface area contributed by atoms with Crippen molar-refractivity contribution in [1.29, 1.82) is 5.26 Å². The van der Waals surface area contributed by atoms with E-state index in [1.165, 1.54) is 0 Å². The van der Waals surface area contributed by atoms with Gasteiger partial charge in [0.25, 0.3) is 0 Å². The van der Waals surface area contributed by atoms with Gasteiger partial charge in [-0.15, -0.1) is 0 Å². The predicted molar refractivity (Wildman–Crippen MR) is 88.1 cm³/mol. The summed E-state index contributed by atoms with van der Waals surface area (Å²) < 4.78 is 5.93. The molecule has 2 aromatic heterocycles. The number of hydrogen-bond donors (Lipinski definition) is 2. The van der Waals surface area contributed by atoms with Gasteiger partial charge in [-0.2, -0.15) is 5.26 Å². The fourth-order valence-corrected chi connectivity index (χ4v) is 2.99. The third-order valence-electron chi connectivity index (χ3n) is 4.14. The lowest BCUT2D eigenvalue weighted by Crippen LogP contribution is -2.20. The normalized spacial score (nSPS) is 17.3. The van der Waals surface area contributed by atoms with Gasteiger partial charge in [-0.1, -0.05) is 18.2 Å². The van der Waals surface area contributed by atoms with E-state index in [1.54, 1.807) is 0 Å². The number of para-hydroxylation sites is 1. The highest BCUT2D eigenvalue weighted by Crippen LogP contribution is 2.30. The van der Waals surface area contributed by atoms with Crippen molar-refractivity contribution in [3.05, 3.63) is 48.2 Å². The van der Waals surface area contributed by atoms with Crippen LogP contribution in [-0.4, -0.2) is 29.2 Å². The maximum Gasteiger partial charge on any atom is 0.214 e. The first-order valence-electron chi connectivity index (χ1n) is 7.70. The summed E-state index contributed by atoms with van der Waals surface area (Å²) in [6.45, 7) is 1.86. The van der Waals surface area contributed by atoms with Gasteiger partial charge in [0.2, 0.25) is 5.88 Å². The van der Waals surface area contributed by atoms with E-state index >= 15 is 0 Å². The van der Waals surface area contributed by atoms with Gasteiger partial charge in [-0.25, -0.2) is 4.98 Å². The first-order chi connectivity index (χ1) is 11.3. The van der Waals surface area contributed by atoms with Crippen molar-refractivity contribution in [3.8, 4) is 23.2 Å². The number of nitrogens with zero attached hydrogens (tertiary/aromatic N) is 2. The summed E-state index contributed by atoms with van der Waals surface area (Å²) in [6.07, 6.45) is 3.09. The average molecular weight is 304 g/mol. The zero-order valence-corrected chi connectivity index (χ0v) is 12.5. The Bertz CT molecular complexity index is 887. The van der Waals surface area contributed by atoms with E-state index in [0.29, 0.717) is 11.4 Å². The Kier molecular flexibility index (Phi) is 3.45. The Labute approximate surface area is 133 Å². The van der Waals surface area contributed by atoms with Crippen molar-refractivity contribution >= 4 is 10.9 Å². The number of fused-ring (bicyclic) bond motifs is 1. The highest BCUT2D eigenvalue weighted by Gasteiger charge is 2.17. The molecule has 1 saturated heterocycles. The second kappa shape index (κ2) is 5.75. The molecule has 2 N–H and O–H groups in total. The number of nitrogens with one attached hydrogen (secondary N) is 2. The Morgan fingerprint density at radius 2 is 2.13 bits per heavy atom. The minimum Gasteiger partial charge on any atom is -0.473 e. The fraction of sp³-hybridized carbons (Fsp3) is 0.222. The summed E-state index contributed by atoms with van der Waals surface area (Å²) in [4.78, 5) is 7.82. The summed E-state index contributed by atoms with van der Waals surface area (Å²) >= 11 is 0. The number of aromatic amines is 1. The number of hydrogen-bond acceptors (Lipinski definition) is 4. The van der Waals surface area contributed by atoms with Crippen LogP contribution in [0.25, 0.3) is 22.2 Å². The van der Waals surface area contributed by atoms with E-state index in [1.807, 2.05) is 42.6 Å². The second-order valence-electron chi connectivity index (χ2n) is 5.64. The lowest BCUT2D eigenvalue weighted by atomic mass is 10.1. The van der Waals surface area contributed by atoms with E-state index in [0.717, 1.165) is 41.7 Å². The number of H-pyrrole nitrogens is 1. The Balaban J connectivity index is 1.72. The minimum absolute atomic E-state index is 0.186. The summed E-state index contributed by atoms with van der Waals surface area (Å²) in [5, 5.41) is 13.5. The number of nitriles is 1. The van der Waals surface area contributed by atoms with Crippen LogP contribution in [-0.2, 0) is 0 Å². The number of aromatic nitrogens is 2. The molecule has 1 atom stereocenters. The molecule has 5 nitrogen and oxygen atoms in total. The standard InChI is InChI=1S/C18H16N4O/c19-9-12-3-1-4-14-15(11-21-18(12)14)16-5-2-6-17(22-16)23-13-7-8-20-10-13/h1-6,11,13,20-21H,7-8,10H2. The first-order valence-corrected chi connectivity index (χ1v) is 7.70. The van der Waals surface area contributed by atoms with Crippen molar-refractivity contribution in [2.24, 2.45) is 0 Å². The Hall–Kier alpha value is -2.84. The SMILES string of the molecule is N#Cc1cccc2c(-c3cccc(OC4CCNC4)n3)c[nH]c12. The molecule has 0 aliphatic carbocycles. The largest absolute Gasteiger partial charge is 0.473 e. The van der Waals surface area contributed by atoms with Crippen LogP contribution in [0.1, 0.15) is 12.0 Å². The molecule has 1 aromatic carbocycles. The van der Waals surface area contributed by atoms with Crippen LogP contribution in [0.15, 0.2) is 42.6 Å². The summed E-state index contributed by atoms with van der Waals surface area (Å²) in [5.41, 5.74) is 3.30. The molecule has 1 unspecified atom stereocenters. The molecule has 0 amide bonds. The van der Waals surface area contributed by atoms with Gasteiger partial charge in [-0.3, -0.25) is 0 Å². The van der Waals surface area contributed by atoms with Gasteiger partial charge in [0, 0.05) is 29.8 Å². The zero-order chi connectivity index (χ0) is 15.6. The molecule has 0 spiro atoms. The van der Waals surface area contributed by atoms with Gasteiger partial charge < -0.3 is 15.0 Å². The molecule has 4 rings (SSSR count). The molecule has 5 heteroatoms. The minimum atomic E-state index is 0.186. The number of ether oxygens (including phenoxy) is 1. The topological polar surface area (TPSA) is 73.7 Å². The lowest BCUT2D eigenvalue weighted by molar-refractivity contribution is 0.214. The van der Waals surface area contributed by atoms with E-state index in [9.17, 15) is 5.26 Å². The van der Waals surface area contributed by atoms with Gasteiger partial charge >= 0.3 is 0 Å². The third-order valence-corrected chi connectivity index (χ3v) is 4.14. The monoisotopic (exact) mass is 304 g/mol. The maximum absolute atomic E-state index is 9.21. The van der Waals surface area contributed by atoms with Gasteiger partial charge in [-0.05, 0) is 25.1 Å². The van der Waals surface area contributed by atoms with Crippen LogP contribution in [0.4, 0.5) is 0 Å². The van der Waals surface area contributed by atoms with Crippen molar-refractivity contribution in [3.63, 3.8) is 0 Å². The van der Waals surface area contributed by atoms with Gasteiger partial charge in [0.05, 0.1) is 16.8 Å². The summed E-state index contributed by atoms with van der Waals surface area (Å²) in [7, 11) is 0. The van der Waals surface area contributed by atoms with E-state index in [-0.39, 0.29) is 6.10 Å². The van der Waals surface area contributed by atoms with Crippen LogP contribution in [0.3, 0.4) is 0 Å². The number of rotatable bonds is 3. The summed E-state index contributed by atoms with van der Waals surface area (Å²) in [5.74, 6) is 0.641. The van der Waals surface area contributed by atoms with E-state index < -0.39 is 0 Å². The molecule has 1 aliphatic heterocycles. The van der Waals surface area contributed by atoms with Gasteiger partial charge in [0.1, 0.15) is 12.2 Å². The van der Waals surface area contributed by atoms with Crippen molar-refractivity contribution < 1.29 is 4.74 Å². The van der Waals surface area contributed by atoms with Crippen LogP contribution in [0.5, 0.6) is 5.88 Å². The molecule has 1 aliphatic rings. The van der Waals surface area contributed by atoms with E-state index in [4.69, 9.17) is 4.74 Å². The molecule has 3 aromatic rings. The first kappa shape index (κ1) is 13.8. The lowest BCUT2D eigenvalue weighted by Gasteiger charge is -2.12. The second-order valence-corrected chi connectivity index (χ2v) is 5.64. The highest BCUT2D eigenvalue weighted by atomic mass is 16.5. The van der Waals surface area contributed by atoms with Crippen molar-refractivity contribution in [1.82, 2.24) is 15.3 Å². The van der Waals surface area contributed by atoms with Crippen LogP contribution in [0.2, 0.25) is 0 Å². The highest BCUT2D eigenvalue weighted by molar-refractivity contribution is 5.97. The number of benzene rings is 1. The average Bonchev–Trinajstić information content (AvgIpc) is 3.24. The van der Waals surface area contributed by atoms with Crippen LogP contribution in [0, 0.1) is 11.3 Å². The molecular formula is C18H16N4O. The predicted octanol–water partition coefficient (Wildman–Crippen LogP) is 2.84. The fourth-order valence-electron chi connectivity index (χ4n) is 2.99. The molecule has 114 valence electrons. The Morgan fingerprint density at radius 1 is 1.22 bits per heavy atom. The van der Waals surface area contributed by atoms with E-state index in [2.05, 4.69) is 21.4 Å². The van der Waals surface area contributed by atoms with Gasteiger partial charge in [0.15, 0.2) is 0 Å². The molecule has 0 saturated carbocycles. The van der Waals surface area contributed by atoms with Crippen molar-refractivity contribution in [2.75, 3.05) is 13.1 Å². The molecular weight excluding hydrogens is 288 g/mol. The third kappa shape index (κ3) is 2.54. The quantitative estimate of drug-likeness (QED) is 0.780. The Morgan fingerprint density at radius 3 is 2.96 bits per heavy atom. The molecule has 0 radical (unpaired) electrons. The molecule has 23 heavy (non-hydrogen) atoms. The van der Waals surface area contributed by atoms with Crippen LogP contribution >= 0.6 is 0 Å². The zero-order valence-electron chi connectivity index (χ0n) is 12.5. The number of pyridine rings is 1. The summed E-state index contributed by atoms with van der Waals surface area (Å²) in [6, 6.07) is 13.7. The smallest absolute Gasteiger partial charge is 0.214 e. The maximum atomic E-state index is 9.21. The molecule has 1 fully saturated rings. The van der Waals surface area contributed by atoms with Crippen LogP contribution < -0.4 is 10.1 Å². The molecule has 0 bridgehead atoms.